The van der Waals surface area contributed by atoms with Crippen LogP contribution in [0.15, 0.2) is 24.3 Å². The van der Waals surface area contributed by atoms with Crippen LogP contribution in [0.25, 0.3) is 0 Å². The van der Waals surface area contributed by atoms with Crippen molar-refractivity contribution in [3.05, 3.63) is 29.8 Å². The van der Waals surface area contributed by atoms with Gasteiger partial charge in [0.1, 0.15) is 11.9 Å². The Kier molecular flexibility index (Phi) is 5.32. The largest absolute Gasteiger partial charge is 0.489 e. The van der Waals surface area contributed by atoms with E-state index in [1.807, 2.05) is 0 Å². The zero-order valence-corrected chi connectivity index (χ0v) is 14.3. The van der Waals surface area contributed by atoms with Crippen LogP contribution >= 0.6 is 0 Å². The number of para-hydroxylation sites is 1. The Balaban J connectivity index is 2.13. The molecule has 2 nitrogen and oxygen atoms in total. The highest BCUT2D eigenvalue weighted by Gasteiger charge is 2.51. The zero-order chi connectivity index (χ0) is 15.5. The van der Waals surface area contributed by atoms with Crippen molar-refractivity contribution in [1.29, 1.82) is 0 Å². The lowest BCUT2D eigenvalue weighted by Gasteiger charge is -2.53. The highest BCUT2D eigenvalue weighted by molar-refractivity contribution is 5.36. The Morgan fingerprint density at radius 1 is 1.29 bits per heavy atom. The van der Waals surface area contributed by atoms with Crippen molar-refractivity contribution >= 4 is 0 Å². The molecule has 1 aromatic carbocycles. The van der Waals surface area contributed by atoms with Crippen LogP contribution in [0.2, 0.25) is 0 Å². The molecular weight excluding hydrogens is 258 g/mol. The van der Waals surface area contributed by atoms with Gasteiger partial charge in [0, 0.05) is 17.9 Å². The Hall–Kier alpha value is -1.02. The molecule has 0 aliphatic heterocycles. The molecule has 1 fully saturated rings. The standard InChI is InChI=1S/C19H31NO/c1-6-14(4)15-11-9-10-12-16(15)21-18-13-17(20-8-3)19(18,5)7-2/h9-12,14,17-18,20H,6-8,13H2,1-5H3. The molecule has 0 aromatic heterocycles. The van der Waals surface area contributed by atoms with Gasteiger partial charge in [-0.15, -0.1) is 0 Å². The molecule has 1 aliphatic rings. The molecule has 0 amide bonds. The topological polar surface area (TPSA) is 21.3 Å². The van der Waals surface area contributed by atoms with Crippen molar-refractivity contribution in [3.63, 3.8) is 0 Å². The first-order valence-corrected chi connectivity index (χ1v) is 8.55. The fraction of sp³-hybridized carbons (Fsp3) is 0.684. The van der Waals surface area contributed by atoms with Gasteiger partial charge in [-0.2, -0.15) is 0 Å². The second kappa shape index (κ2) is 6.83. The molecule has 2 rings (SSSR count). The summed E-state index contributed by atoms with van der Waals surface area (Å²) in [5, 5.41) is 3.61. The summed E-state index contributed by atoms with van der Waals surface area (Å²) < 4.78 is 6.45. The summed E-state index contributed by atoms with van der Waals surface area (Å²) in [5.74, 6) is 1.64. The predicted molar refractivity (Wildman–Crippen MR) is 90.0 cm³/mol. The number of rotatable bonds is 7. The molecule has 0 spiro atoms. The van der Waals surface area contributed by atoms with Crippen molar-refractivity contribution in [2.75, 3.05) is 6.54 Å². The lowest BCUT2D eigenvalue weighted by Crippen LogP contribution is -2.63. The fourth-order valence-corrected chi connectivity index (χ4v) is 3.40. The molecule has 0 heterocycles. The molecule has 21 heavy (non-hydrogen) atoms. The Morgan fingerprint density at radius 3 is 2.62 bits per heavy atom. The van der Waals surface area contributed by atoms with Crippen LogP contribution in [0.1, 0.15) is 65.4 Å². The van der Waals surface area contributed by atoms with E-state index in [1.54, 1.807) is 0 Å². The number of nitrogens with one attached hydrogen (secondary N) is 1. The third kappa shape index (κ3) is 3.11. The molecule has 0 saturated heterocycles. The van der Waals surface area contributed by atoms with Crippen LogP contribution in [-0.2, 0) is 0 Å². The molecule has 1 aliphatic carbocycles. The summed E-state index contributed by atoms with van der Waals surface area (Å²) in [6.07, 6.45) is 3.75. The summed E-state index contributed by atoms with van der Waals surface area (Å²) >= 11 is 0. The van der Waals surface area contributed by atoms with Gasteiger partial charge in [0.05, 0.1) is 0 Å². The molecular formula is C19H31NO. The lowest BCUT2D eigenvalue weighted by molar-refractivity contribution is -0.0701. The van der Waals surface area contributed by atoms with E-state index in [1.165, 1.54) is 5.56 Å². The maximum absolute atomic E-state index is 6.45. The van der Waals surface area contributed by atoms with E-state index in [9.17, 15) is 0 Å². The fourth-order valence-electron chi connectivity index (χ4n) is 3.40. The second-order valence-electron chi connectivity index (χ2n) is 6.66. The minimum absolute atomic E-state index is 0.249. The van der Waals surface area contributed by atoms with Gasteiger partial charge in [0.15, 0.2) is 0 Å². The molecule has 1 N–H and O–H groups in total. The predicted octanol–water partition coefficient (Wildman–Crippen LogP) is 4.75. The highest BCUT2D eigenvalue weighted by Crippen LogP contribution is 2.46. The monoisotopic (exact) mass is 289 g/mol. The van der Waals surface area contributed by atoms with Gasteiger partial charge in [0.2, 0.25) is 0 Å². The minimum atomic E-state index is 0.249. The van der Waals surface area contributed by atoms with Crippen molar-refractivity contribution in [2.45, 2.75) is 71.9 Å². The Bertz CT molecular complexity index is 459. The average Bonchev–Trinajstić information content (AvgIpc) is 2.52. The van der Waals surface area contributed by atoms with Crippen LogP contribution in [0.5, 0.6) is 5.75 Å². The van der Waals surface area contributed by atoms with Crippen LogP contribution in [0, 0.1) is 5.41 Å². The number of hydrogen-bond donors (Lipinski definition) is 1. The van der Waals surface area contributed by atoms with Gasteiger partial charge in [0.25, 0.3) is 0 Å². The first kappa shape index (κ1) is 16.4. The van der Waals surface area contributed by atoms with Crippen LogP contribution in [0.3, 0.4) is 0 Å². The van der Waals surface area contributed by atoms with Gasteiger partial charge in [-0.25, -0.2) is 0 Å². The number of ether oxygens (including phenoxy) is 1. The van der Waals surface area contributed by atoms with E-state index in [0.29, 0.717) is 18.1 Å². The highest BCUT2D eigenvalue weighted by atomic mass is 16.5. The molecule has 1 saturated carbocycles. The zero-order valence-electron chi connectivity index (χ0n) is 14.3. The summed E-state index contributed by atoms with van der Waals surface area (Å²) in [6, 6.07) is 9.15. The van der Waals surface area contributed by atoms with E-state index in [0.717, 1.165) is 31.6 Å². The van der Waals surface area contributed by atoms with Crippen molar-refractivity contribution < 1.29 is 4.74 Å². The Morgan fingerprint density at radius 2 is 2.00 bits per heavy atom. The van der Waals surface area contributed by atoms with Crippen molar-refractivity contribution in [1.82, 2.24) is 5.32 Å². The quantitative estimate of drug-likeness (QED) is 0.782. The molecule has 1 aromatic rings. The van der Waals surface area contributed by atoms with Gasteiger partial charge >= 0.3 is 0 Å². The molecule has 4 unspecified atom stereocenters. The molecule has 0 bridgehead atoms. The summed E-state index contributed by atoms with van der Waals surface area (Å²) in [5.41, 5.74) is 1.60. The maximum atomic E-state index is 6.45. The summed E-state index contributed by atoms with van der Waals surface area (Å²) in [7, 11) is 0. The molecule has 4 atom stereocenters. The van der Waals surface area contributed by atoms with Gasteiger partial charge in [-0.3, -0.25) is 0 Å². The third-order valence-electron chi connectivity index (χ3n) is 5.53. The Labute approximate surface area is 130 Å². The van der Waals surface area contributed by atoms with Crippen LogP contribution in [-0.4, -0.2) is 18.7 Å². The first-order chi connectivity index (χ1) is 10.1. The number of benzene rings is 1. The lowest BCUT2D eigenvalue weighted by atomic mass is 9.61. The van der Waals surface area contributed by atoms with Crippen molar-refractivity contribution in [2.24, 2.45) is 5.41 Å². The van der Waals surface area contributed by atoms with Crippen LogP contribution in [0.4, 0.5) is 0 Å². The summed E-state index contributed by atoms with van der Waals surface area (Å²) in [4.78, 5) is 0. The van der Waals surface area contributed by atoms with Crippen LogP contribution < -0.4 is 10.1 Å². The SMILES string of the molecule is CCNC1CC(Oc2ccccc2C(C)CC)C1(C)CC. The number of hydrogen-bond acceptors (Lipinski definition) is 2. The molecule has 2 heteroatoms. The van der Waals surface area contributed by atoms with Crippen molar-refractivity contribution in [3.8, 4) is 5.75 Å². The maximum Gasteiger partial charge on any atom is 0.123 e. The van der Waals surface area contributed by atoms with E-state index >= 15 is 0 Å². The third-order valence-corrected chi connectivity index (χ3v) is 5.53. The molecule has 0 radical (unpaired) electrons. The molecule has 118 valence electrons. The van der Waals surface area contributed by atoms with E-state index in [-0.39, 0.29) is 5.41 Å². The summed E-state index contributed by atoms with van der Waals surface area (Å²) in [6.45, 7) is 12.4. The van der Waals surface area contributed by atoms with Gasteiger partial charge in [-0.1, -0.05) is 52.8 Å². The minimum Gasteiger partial charge on any atom is -0.489 e. The smallest absolute Gasteiger partial charge is 0.123 e. The van der Waals surface area contributed by atoms with E-state index in [4.69, 9.17) is 4.74 Å². The second-order valence-corrected chi connectivity index (χ2v) is 6.66. The van der Waals surface area contributed by atoms with E-state index in [2.05, 4.69) is 64.2 Å². The van der Waals surface area contributed by atoms with E-state index < -0.39 is 0 Å². The van der Waals surface area contributed by atoms with Gasteiger partial charge < -0.3 is 10.1 Å². The normalized spacial score (nSPS) is 29.8. The average molecular weight is 289 g/mol. The van der Waals surface area contributed by atoms with Gasteiger partial charge in [-0.05, 0) is 36.9 Å². The first-order valence-electron chi connectivity index (χ1n) is 8.55.